The van der Waals surface area contributed by atoms with Crippen LogP contribution in [0.3, 0.4) is 0 Å². The number of aromatic nitrogens is 1. The quantitative estimate of drug-likeness (QED) is 0.851. The number of carbonyl (C=O) groups is 1. The minimum atomic E-state index is -0.710. The number of likely N-dealkylation sites (N-methyl/N-ethyl adjacent to an activating group) is 1. The average molecular weight is 302 g/mol. The van der Waals surface area contributed by atoms with E-state index in [9.17, 15) is 9.18 Å². The van der Waals surface area contributed by atoms with Crippen molar-refractivity contribution in [1.82, 2.24) is 9.88 Å². The molecule has 1 aromatic heterocycles. The van der Waals surface area contributed by atoms with Crippen LogP contribution >= 0.6 is 0 Å². The highest BCUT2D eigenvalue weighted by atomic mass is 19.1. The molecule has 0 bridgehead atoms. The zero-order valence-electron chi connectivity index (χ0n) is 12.9. The number of carbonyl (C=O) groups excluding carboxylic acids is 1. The van der Waals surface area contributed by atoms with E-state index in [0.717, 1.165) is 5.69 Å². The second-order valence-electron chi connectivity index (χ2n) is 5.10. The number of benzene rings is 1. The van der Waals surface area contributed by atoms with Crippen molar-refractivity contribution >= 4 is 5.91 Å². The van der Waals surface area contributed by atoms with Crippen molar-refractivity contribution in [2.75, 3.05) is 7.05 Å². The van der Waals surface area contributed by atoms with Crippen LogP contribution in [0.4, 0.5) is 4.39 Å². The molecular formula is C17H19FN2O2. The van der Waals surface area contributed by atoms with Crippen molar-refractivity contribution in [3.8, 4) is 5.75 Å². The molecule has 1 heterocycles. The third-order valence-electron chi connectivity index (χ3n) is 3.50. The molecule has 0 spiro atoms. The first kappa shape index (κ1) is 15.9. The van der Waals surface area contributed by atoms with Gasteiger partial charge in [-0.1, -0.05) is 12.1 Å². The Morgan fingerprint density at radius 1 is 1.23 bits per heavy atom. The summed E-state index contributed by atoms with van der Waals surface area (Å²) >= 11 is 0. The van der Waals surface area contributed by atoms with E-state index in [4.69, 9.17) is 4.74 Å². The van der Waals surface area contributed by atoms with Crippen LogP contribution in [-0.2, 0) is 4.79 Å². The van der Waals surface area contributed by atoms with Crippen LogP contribution in [0.2, 0.25) is 0 Å². The summed E-state index contributed by atoms with van der Waals surface area (Å²) in [6.45, 7) is 3.55. The first-order valence-electron chi connectivity index (χ1n) is 7.09. The molecule has 2 rings (SSSR count). The first-order valence-corrected chi connectivity index (χ1v) is 7.09. The molecule has 116 valence electrons. The average Bonchev–Trinajstić information content (AvgIpc) is 2.53. The van der Waals surface area contributed by atoms with Gasteiger partial charge in [0.05, 0.1) is 11.7 Å². The molecule has 4 nitrogen and oxygen atoms in total. The summed E-state index contributed by atoms with van der Waals surface area (Å²) < 4.78 is 18.7. The first-order chi connectivity index (χ1) is 10.5. The van der Waals surface area contributed by atoms with Gasteiger partial charge < -0.3 is 9.64 Å². The third-order valence-corrected chi connectivity index (χ3v) is 3.50. The maximum absolute atomic E-state index is 13.1. The highest BCUT2D eigenvalue weighted by molar-refractivity contribution is 5.81. The normalized spacial score (nSPS) is 13.3. The van der Waals surface area contributed by atoms with Gasteiger partial charge in [-0.2, -0.15) is 0 Å². The minimum Gasteiger partial charge on any atom is -0.481 e. The molecule has 0 aliphatic carbocycles. The van der Waals surface area contributed by atoms with Gasteiger partial charge >= 0.3 is 0 Å². The van der Waals surface area contributed by atoms with Gasteiger partial charge in [0.1, 0.15) is 11.6 Å². The maximum atomic E-state index is 13.1. The lowest BCUT2D eigenvalue weighted by atomic mass is 10.1. The number of halogens is 1. The molecule has 0 fully saturated rings. The SMILES string of the molecule is CC(Oc1cccc(F)c1)C(=O)N(C)C(C)c1ccccn1. The van der Waals surface area contributed by atoms with E-state index < -0.39 is 11.9 Å². The number of pyridine rings is 1. The number of hydrogen-bond acceptors (Lipinski definition) is 3. The molecular weight excluding hydrogens is 283 g/mol. The van der Waals surface area contributed by atoms with Crippen molar-refractivity contribution < 1.29 is 13.9 Å². The van der Waals surface area contributed by atoms with Crippen LogP contribution in [0.5, 0.6) is 5.75 Å². The van der Waals surface area contributed by atoms with Crippen molar-refractivity contribution in [3.05, 3.63) is 60.2 Å². The van der Waals surface area contributed by atoms with Crippen molar-refractivity contribution in [1.29, 1.82) is 0 Å². The Morgan fingerprint density at radius 2 is 2.00 bits per heavy atom. The van der Waals surface area contributed by atoms with Gasteiger partial charge in [-0.25, -0.2) is 4.39 Å². The van der Waals surface area contributed by atoms with E-state index in [1.165, 1.54) is 12.1 Å². The molecule has 2 atom stereocenters. The zero-order valence-corrected chi connectivity index (χ0v) is 12.9. The van der Waals surface area contributed by atoms with Crippen LogP contribution in [0.15, 0.2) is 48.7 Å². The van der Waals surface area contributed by atoms with Crippen LogP contribution in [0.1, 0.15) is 25.6 Å². The largest absolute Gasteiger partial charge is 0.481 e. The number of amides is 1. The summed E-state index contributed by atoms with van der Waals surface area (Å²) in [7, 11) is 1.70. The van der Waals surface area contributed by atoms with E-state index >= 15 is 0 Å². The molecule has 2 unspecified atom stereocenters. The molecule has 0 aliphatic rings. The molecule has 0 aliphatic heterocycles. The van der Waals surface area contributed by atoms with Gasteiger partial charge in [0.2, 0.25) is 0 Å². The second-order valence-corrected chi connectivity index (χ2v) is 5.10. The summed E-state index contributed by atoms with van der Waals surface area (Å²) in [6.07, 6.45) is 0.981. The smallest absolute Gasteiger partial charge is 0.263 e. The lowest BCUT2D eigenvalue weighted by molar-refractivity contribution is -0.138. The predicted octanol–water partition coefficient (Wildman–Crippen LogP) is 3.21. The van der Waals surface area contributed by atoms with E-state index in [1.807, 2.05) is 25.1 Å². The molecule has 0 N–H and O–H groups in total. The minimum absolute atomic E-state index is 0.174. The molecule has 5 heteroatoms. The molecule has 22 heavy (non-hydrogen) atoms. The second kappa shape index (κ2) is 7.02. The topological polar surface area (TPSA) is 42.4 Å². The van der Waals surface area contributed by atoms with Gasteiger partial charge in [0, 0.05) is 19.3 Å². The van der Waals surface area contributed by atoms with Gasteiger partial charge in [0.15, 0.2) is 6.10 Å². The molecule has 1 amide bonds. The fraction of sp³-hybridized carbons (Fsp3) is 0.294. The monoisotopic (exact) mass is 302 g/mol. The zero-order chi connectivity index (χ0) is 16.1. The lowest BCUT2D eigenvalue weighted by Crippen LogP contribution is -2.39. The standard InChI is InChI=1S/C17H19FN2O2/c1-12(16-9-4-5-10-19-16)20(3)17(21)13(2)22-15-8-6-7-14(18)11-15/h4-13H,1-3H3. The predicted molar refractivity (Wildman–Crippen MR) is 81.9 cm³/mol. The van der Waals surface area contributed by atoms with E-state index in [0.29, 0.717) is 5.75 Å². The Labute approximate surface area is 129 Å². The molecule has 2 aromatic rings. The van der Waals surface area contributed by atoms with Gasteiger partial charge in [-0.05, 0) is 38.1 Å². The van der Waals surface area contributed by atoms with Gasteiger partial charge in [0.25, 0.3) is 5.91 Å². The Balaban J connectivity index is 2.03. The van der Waals surface area contributed by atoms with Crippen LogP contribution in [0.25, 0.3) is 0 Å². The highest BCUT2D eigenvalue weighted by Gasteiger charge is 2.24. The molecule has 0 saturated heterocycles. The van der Waals surface area contributed by atoms with Crippen LogP contribution in [0, 0.1) is 5.82 Å². The number of nitrogens with zero attached hydrogens (tertiary/aromatic N) is 2. The Morgan fingerprint density at radius 3 is 2.64 bits per heavy atom. The maximum Gasteiger partial charge on any atom is 0.263 e. The molecule has 0 saturated carbocycles. The Hall–Kier alpha value is -2.43. The van der Waals surface area contributed by atoms with E-state index in [-0.39, 0.29) is 11.9 Å². The summed E-state index contributed by atoms with van der Waals surface area (Å²) in [5, 5.41) is 0. The van der Waals surface area contributed by atoms with Crippen molar-refractivity contribution in [3.63, 3.8) is 0 Å². The molecule has 0 radical (unpaired) electrons. The van der Waals surface area contributed by atoms with Crippen LogP contribution in [-0.4, -0.2) is 28.9 Å². The summed E-state index contributed by atoms with van der Waals surface area (Å²) in [5.41, 5.74) is 0.802. The Kier molecular flexibility index (Phi) is 5.09. The fourth-order valence-electron chi connectivity index (χ4n) is 2.09. The van der Waals surface area contributed by atoms with Crippen molar-refractivity contribution in [2.45, 2.75) is 26.0 Å². The lowest BCUT2D eigenvalue weighted by Gasteiger charge is -2.27. The van der Waals surface area contributed by atoms with Crippen LogP contribution < -0.4 is 4.74 Å². The summed E-state index contributed by atoms with van der Waals surface area (Å²) in [6, 6.07) is 11.1. The fourth-order valence-corrected chi connectivity index (χ4v) is 2.09. The summed E-state index contributed by atoms with van der Waals surface area (Å²) in [5.74, 6) is -0.255. The molecule has 1 aromatic carbocycles. The third kappa shape index (κ3) is 3.81. The van der Waals surface area contributed by atoms with Crippen molar-refractivity contribution in [2.24, 2.45) is 0 Å². The highest BCUT2D eigenvalue weighted by Crippen LogP contribution is 2.19. The number of ether oxygens (including phenoxy) is 1. The Bertz CT molecular complexity index is 634. The van der Waals surface area contributed by atoms with Gasteiger partial charge in [-0.3, -0.25) is 9.78 Å². The number of hydrogen-bond donors (Lipinski definition) is 0. The number of rotatable bonds is 5. The van der Waals surface area contributed by atoms with Gasteiger partial charge in [-0.15, -0.1) is 0 Å². The summed E-state index contributed by atoms with van der Waals surface area (Å²) in [4.78, 5) is 18.3. The van der Waals surface area contributed by atoms with E-state index in [1.54, 1.807) is 37.2 Å². The van der Waals surface area contributed by atoms with E-state index in [2.05, 4.69) is 4.98 Å².